The Morgan fingerprint density at radius 3 is 0.829 bits per heavy atom. The summed E-state index contributed by atoms with van der Waals surface area (Å²) in [6.07, 6.45) is 0. The number of benzene rings is 4. The largest absolute Gasteiger partial charge is 2.00 e. The number of hydrogen-bond acceptors (Lipinski definition) is 6. The number of rotatable bonds is 0. The van der Waals surface area contributed by atoms with Crippen LogP contribution in [0.25, 0.3) is 89.7 Å². The van der Waals surface area contributed by atoms with Crippen molar-refractivity contribution in [2.75, 3.05) is 0 Å². The summed E-state index contributed by atoms with van der Waals surface area (Å²) >= 11 is 0. The van der Waals surface area contributed by atoms with Crippen LogP contribution < -0.4 is 9.97 Å². The summed E-state index contributed by atoms with van der Waals surface area (Å²) in [5, 5.41) is 3.57. The van der Waals surface area contributed by atoms with Crippen LogP contribution >= 0.6 is 0 Å². The predicted octanol–water partition coefficient (Wildman–Crippen LogP) is 6.12. The first-order chi connectivity index (χ1) is 19.8. The van der Waals surface area contributed by atoms with Crippen LogP contribution in [0.2, 0.25) is 0 Å². The normalized spacial score (nSPS) is 11.7. The van der Waals surface area contributed by atoms with Gasteiger partial charge < -0.3 is 29.9 Å². The molecule has 0 unspecified atom stereocenters. The zero-order valence-electron chi connectivity index (χ0n) is 21.1. The van der Waals surface area contributed by atoms with Gasteiger partial charge >= 0.3 is 21.1 Å². The van der Waals surface area contributed by atoms with Crippen molar-refractivity contribution in [3.8, 4) is 45.6 Å². The standard InChI is InChI=1S/C32H16N8.Pt/c1-2-10-18-17(9-1)25-33-26(18)38-28-21-13-5-6-14-22(21)30(35-28)40-32-24-16-8-7-15-23(24)31(36-32)39-29-20-12-4-3-11-19(20)27(34-29)37-25;/h1-16H;/q-2;+2. The summed E-state index contributed by atoms with van der Waals surface area (Å²) in [4.78, 5) is 39.3. The molecule has 0 radical (unpaired) electrons. The monoisotopic (exact) mass is 707 g/mol. The van der Waals surface area contributed by atoms with Crippen LogP contribution in [0.1, 0.15) is 0 Å². The number of nitrogens with zero attached hydrogens (tertiary/aromatic N) is 8. The molecule has 2 aliphatic heterocycles. The molecule has 0 spiro atoms. The van der Waals surface area contributed by atoms with Crippen molar-refractivity contribution < 1.29 is 21.1 Å². The van der Waals surface area contributed by atoms with Gasteiger partial charge in [-0.25, -0.2) is 9.97 Å². The first-order valence-corrected chi connectivity index (χ1v) is 12.9. The van der Waals surface area contributed by atoms with Crippen molar-refractivity contribution in [3.63, 3.8) is 0 Å². The minimum Gasteiger partial charge on any atom is -0.357 e. The second-order valence-electron chi connectivity index (χ2n) is 9.67. The molecule has 9 rings (SSSR count). The Hall–Kier alpha value is -5.07. The van der Waals surface area contributed by atoms with Crippen molar-refractivity contribution >= 4 is 44.1 Å². The minimum atomic E-state index is 0. The van der Waals surface area contributed by atoms with Gasteiger partial charge in [-0.1, -0.05) is 97.1 Å². The molecule has 7 aromatic rings. The molecule has 9 heteroatoms. The van der Waals surface area contributed by atoms with Crippen molar-refractivity contribution in [2.24, 2.45) is 0 Å². The molecule has 4 aromatic carbocycles. The maximum absolute atomic E-state index is 4.95. The third kappa shape index (κ3) is 3.57. The molecule has 0 amide bonds. The molecule has 0 aliphatic carbocycles. The summed E-state index contributed by atoms with van der Waals surface area (Å²) < 4.78 is 0. The van der Waals surface area contributed by atoms with Gasteiger partial charge in [0, 0.05) is 44.8 Å². The van der Waals surface area contributed by atoms with Gasteiger partial charge in [0.25, 0.3) is 0 Å². The van der Waals surface area contributed by atoms with Crippen molar-refractivity contribution in [3.05, 3.63) is 97.1 Å². The maximum atomic E-state index is 4.95. The van der Waals surface area contributed by atoms with Crippen molar-refractivity contribution in [1.82, 2.24) is 39.9 Å². The smallest absolute Gasteiger partial charge is 0.357 e. The van der Waals surface area contributed by atoms with Crippen LogP contribution in [0.3, 0.4) is 0 Å². The Balaban J connectivity index is 0.00000256. The zero-order valence-corrected chi connectivity index (χ0v) is 23.4. The van der Waals surface area contributed by atoms with E-state index in [1.165, 1.54) is 0 Å². The average Bonchev–Trinajstić information content (AvgIpc) is 3.73. The summed E-state index contributed by atoms with van der Waals surface area (Å²) in [5.41, 5.74) is 5.78. The first kappa shape index (κ1) is 23.8. The summed E-state index contributed by atoms with van der Waals surface area (Å²) in [6, 6.07) is 31.8. The fourth-order valence-electron chi connectivity index (χ4n) is 5.46. The van der Waals surface area contributed by atoms with Crippen molar-refractivity contribution in [1.29, 1.82) is 0 Å². The number of aromatic nitrogens is 8. The summed E-state index contributed by atoms with van der Waals surface area (Å²) in [5.74, 6) is 2.21. The van der Waals surface area contributed by atoms with Crippen LogP contribution in [-0.4, -0.2) is 29.9 Å². The SMILES string of the molecule is [Pt+2].c1ccc2c(c1)-c1nc-2nc2[n-]c(nc3nc(nc4[n-]c(n1)c1ccccc41)-c1ccccc1-3)c1ccccc21. The number of fused-ring (bicyclic) bond motifs is 20. The fourth-order valence-corrected chi connectivity index (χ4v) is 5.46. The van der Waals surface area contributed by atoms with Gasteiger partial charge in [0.15, 0.2) is 0 Å². The zero-order chi connectivity index (χ0) is 26.2. The summed E-state index contributed by atoms with van der Waals surface area (Å²) in [6.45, 7) is 0. The van der Waals surface area contributed by atoms with E-state index in [-0.39, 0.29) is 21.1 Å². The third-order valence-corrected chi connectivity index (χ3v) is 7.33. The molecule has 5 heterocycles. The Kier molecular flexibility index (Phi) is 5.21. The van der Waals surface area contributed by atoms with Crippen LogP contribution in [-0.2, 0) is 21.1 Å². The topological polar surface area (TPSA) is 106 Å². The van der Waals surface area contributed by atoms with Gasteiger partial charge in [-0.15, -0.1) is 0 Å². The van der Waals surface area contributed by atoms with Crippen LogP contribution in [0.5, 0.6) is 0 Å². The van der Waals surface area contributed by atoms with E-state index < -0.39 is 0 Å². The molecule has 0 fully saturated rings. The second-order valence-corrected chi connectivity index (χ2v) is 9.67. The molecule has 41 heavy (non-hydrogen) atoms. The molecule has 0 atom stereocenters. The van der Waals surface area contributed by atoms with Gasteiger partial charge in [0.05, 0.1) is 23.3 Å². The predicted molar refractivity (Wildman–Crippen MR) is 154 cm³/mol. The number of hydrogen-bond donors (Lipinski definition) is 0. The summed E-state index contributed by atoms with van der Waals surface area (Å²) in [7, 11) is 0. The van der Waals surface area contributed by atoms with Crippen LogP contribution in [0.15, 0.2) is 97.1 Å². The van der Waals surface area contributed by atoms with Crippen LogP contribution in [0.4, 0.5) is 0 Å². The average molecular weight is 708 g/mol. The molecule has 3 aromatic heterocycles. The minimum absolute atomic E-state index is 0. The quantitative estimate of drug-likeness (QED) is 0.186. The van der Waals surface area contributed by atoms with Gasteiger partial charge in [0.2, 0.25) is 0 Å². The Morgan fingerprint density at radius 1 is 0.317 bits per heavy atom. The van der Waals surface area contributed by atoms with E-state index in [0.717, 1.165) is 43.8 Å². The molecule has 194 valence electrons. The first-order valence-electron chi connectivity index (χ1n) is 12.9. The Morgan fingerprint density at radius 2 is 0.561 bits per heavy atom. The molecular weight excluding hydrogens is 691 g/mol. The van der Waals surface area contributed by atoms with E-state index in [0.29, 0.717) is 45.9 Å². The molecular formula is C32H16N8Pt. The van der Waals surface area contributed by atoms with Crippen molar-refractivity contribution in [2.45, 2.75) is 0 Å². The molecule has 0 saturated carbocycles. The van der Waals surface area contributed by atoms with E-state index in [2.05, 4.69) is 0 Å². The van der Waals surface area contributed by atoms with Gasteiger partial charge in [0.1, 0.15) is 0 Å². The van der Waals surface area contributed by atoms with Gasteiger partial charge in [-0.05, 0) is 21.5 Å². The van der Waals surface area contributed by atoms with Crippen LogP contribution in [0, 0.1) is 0 Å². The van der Waals surface area contributed by atoms with Gasteiger partial charge in [-0.2, -0.15) is 0 Å². The fraction of sp³-hybridized carbons (Fsp3) is 0. The maximum Gasteiger partial charge on any atom is 2.00 e. The van der Waals surface area contributed by atoms with E-state index in [4.69, 9.17) is 39.9 Å². The Bertz CT molecular complexity index is 2030. The van der Waals surface area contributed by atoms with E-state index in [1.807, 2.05) is 97.1 Å². The molecule has 0 N–H and O–H groups in total. The third-order valence-electron chi connectivity index (χ3n) is 7.33. The molecule has 0 saturated heterocycles. The molecule has 8 bridgehead atoms. The molecule has 8 nitrogen and oxygen atoms in total. The molecule has 2 aliphatic rings. The second kappa shape index (κ2) is 8.98. The van der Waals surface area contributed by atoms with E-state index in [1.54, 1.807) is 0 Å². The van der Waals surface area contributed by atoms with E-state index >= 15 is 0 Å². The van der Waals surface area contributed by atoms with Gasteiger partial charge in [-0.3, -0.25) is 0 Å². The Labute approximate surface area is 246 Å². The van der Waals surface area contributed by atoms with E-state index in [9.17, 15) is 0 Å².